The number of aromatic nitrogens is 1. The minimum atomic E-state index is -2.07. The molecule has 0 radical (unpaired) electrons. The quantitative estimate of drug-likeness (QED) is 0.231. The lowest BCUT2D eigenvalue weighted by Gasteiger charge is -2.39. The Morgan fingerprint density at radius 3 is 2.42 bits per heavy atom. The van der Waals surface area contributed by atoms with E-state index in [9.17, 15) is 4.79 Å². The molecule has 0 saturated carbocycles. The van der Waals surface area contributed by atoms with Gasteiger partial charge in [-0.05, 0) is 24.6 Å². The number of esters is 1. The van der Waals surface area contributed by atoms with Gasteiger partial charge in [0.05, 0.1) is 25.7 Å². The van der Waals surface area contributed by atoms with Crippen molar-refractivity contribution in [2.45, 2.75) is 83.1 Å². The van der Waals surface area contributed by atoms with Crippen molar-refractivity contribution >= 4 is 14.3 Å². The fourth-order valence-electron chi connectivity index (χ4n) is 2.90. The number of carbonyl (C=O) groups is 1. The van der Waals surface area contributed by atoms with Crippen molar-refractivity contribution in [3.05, 3.63) is 42.2 Å². The van der Waals surface area contributed by atoms with Gasteiger partial charge in [0.1, 0.15) is 24.7 Å². The second-order valence-electron chi connectivity index (χ2n) is 9.39. The number of rotatable bonds is 14. The maximum Gasteiger partial charge on any atom is 0.308 e. The Kier molecular flexibility index (Phi) is 12.2. The van der Waals surface area contributed by atoms with Crippen LogP contribution in [-0.2, 0) is 30.0 Å². The highest BCUT2D eigenvalue weighted by Gasteiger charge is 2.40. The topological polar surface area (TPSA) is 100 Å². The standard InChI is InChI=1S/C24H41NO7Si/c1-24(2,3)33(7,8)32-19(15-23(27)30-6)14-18(28-4)12-10-9-11-13-21(29-5)20-17-31-22(16-26)25-20/h9-12,17-19,21,26H,13-16H2,1-8H3/b11-9+,12-10+/t18-,19-,21?/m0/s1. The molecule has 0 aliphatic carbocycles. The Bertz CT molecular complexity index is 767. The van der Waals surface area contributed by atoms with Crippen molar-refractivity contribution in [1.29, 1.82) is 0 Å². The third-order valence-corrected chi connectivity index (χ3v) is 10.5. The number of nitrogens with zero attached hydrogens (tertiary/aromatic N) is 1. The third-order valence-electron chi connectivity index (χ3n) is 5.93. The van der Waals surface area contributed by atoms with E-state index in [0.717, 1.165) is 0 Å². The molecule has 8 nitrogen and oxygen atoms in total. The van der Waals surface area contributed by atoms with Gasteiger partial charge in [-0.15, -0.1) is 0 Å². The Morgan fingerprint density at radius 1 is 1.21 bits per heavy atom. The molecule has 0 saturated heterocycles. The molecule has 0 bridgehead atoms. The maximum atomic E-state index is 12.0. The number of oxazole rings is 1. The first-order chi connectivity index (χ1) is 15.5. The van der Waals surface area contributed by atoms with Crippen molar-refractivity contribution < 1.29 is 33.0 Å². The molecule has 0 fully saturated rings. The van der Waals surface area contributed by atoms with E-state index >= 15 is 0 Å². The van der Waals surface area contributed by atoms with Gasteiger partial charge in [-0.2, -0.15) is 0 Å². The van der Waals surface area contributed by atoms with Crippen molar-refractivity contribution in [3.8, 4) is 0 Å². The molecule has 0 aromatic carbocycles. The van der Waals surface area contributed by atoms with Crippen LogP contribution in [0.2, 0.25) is 18.1 Å². The summed E-state index contributed by atoms with van der Waals surface area (Å²) in [4.78, 5) is 16.2. The predicted molar refractivity (Wildman–Crippen MR) is 129 cm³/mol. The van der Waals surface area contributed by atoms with Gasteiger partial charge in [-0.25, -0.2) is 4.98 Å². The highest BCUT2D eigenvalue weighted by atomic mass is 28.4. The second kappa shape index (κ2) is 13.8. The van der Waals surface area contributed by atoms with E-state index in [4.69, 9.17) is 28.2 Å². The Morgan fingerprint density at radius 2 is 1.91 bits per heavy atom. The summed E-state index contributed by atoms with van der Waals surface area (Å²) < 4.78 is 27.6. The molecular weight excluding hydrogens is 442 g/mol. The highest BCUT2D eigenvalue weighted by molar-refractivity contribution is 6.74. The van der Waals surface area contributed by atoms with Gasteiger partial charge in [0.25, 0.3) is 0 Å². The number of hydrogen-bond donors (Lipinski definition) is 1. The van der Waals surface area contributed by atoms with E-state index in [1.165, 1.54) is 13.4 Å². The van der Waals surface area contributed by atoms with Crippen LogP contribution in [0, 0.1) is 0 Å². The van der Waals surface area contributed by atoms with Gasteiger partial charge >= 0.3 is 5.97 Å². The molecule has 0 spiro atoms. The smallest absolute Gasteiger partial charge is 0.308 e. The fourth-order valence-corrected chi connectivity index (χ4v) is 4.27. The van der Waals surface area contributed by atoms with Crippen LogP contribution in [-0.4, -0.2) is 57.9 Å². The number of aliphatic hydroxyl groups excluding tert-OH is 1. The molecule has 0 aliphatic heterocycles. The SMILES string of the molecule is COC(=O)C[C@H](C[C@H](/C=C/C=C/CC(OC)c1coc(CO)n1)OC)O[Si](C)(C)C(C)(C)C. The van der Waals surface area contributed by atoms with Crippen LogP contribution in [0.4, 0.5) is 0 Å². The zero-order chi connectivity index (χ0) is 25.1. The van der Waals surface area contributed by atoms with Crippen LogP contribution in [0.15, 0.2) is 35.0 Å². The fraction of sp³-hybridized carbons (Fsp3) is 0.667. The Labute approximate surface area is 199 Å². The van der Waals surface area contributed by atoms with E-state index in [1.807, 2.05) is 24.3 Å². The van der Waals surface area contributed by atoms with Crippen LogP contribution in [0.3, 0.4) is 0 Å². The molecular formula is C24H41NO7Si. The lowest BCUT2D eigenvalue weighted by molar-refractivity contribution is -0.142. The van der Waals surface area contributed by atoms with E-state index in [2.05, 4.69) is 38.8 Å². The van der Waals surface area contributed by atoms with Crippen LogP contribution >= 0.6 is 0 Å². The van der Waals surface area contributed by atoms with E-state index in [1.54, 1.807) is 14.2 Å². The molecule has 0 aliphatic rings. The van der Waals surface area contributed by atoms with Gasteiger partial charge in [-0.1, -0.05) is 45.1 Å². The summed E-state index contributed by atoms with van der Waals surface area (Å²) in [7, 11) is 2.57. The number of carbonyl (C=O) groups excluding carboxylic acids is 1. The molecule has 1 aromatic rings. The minimum absolute atomic E-state index is 0.0299. The van der Waals surface area contributed by atoms with E-state index < -0.39 is 8.32 Å². The molecule has 33 heavy (non-hydrogen) atoms. The maximum absolute atomic E-state index is 12.0. The van der Waals surface area contributed by atoms with Crippen LogP contribution < -0.4 is 0 Å². The first-order valence-corrected chi connectivity index (χ1v) is 14.1. The summed E-state index contributed by atoms with van der Waals surface area (Å²) in [6.07, 6.45) is 9.78. The molecule has 0 amide bonds. The first-order valence-electron chi connectivity index (χ1n) is 11.2. The average molecular weight is 484 g/mol. The van der Waals surface area contributed by atoms with Gasteiger partial charge in [0, 0.05) is 20.6 Å². The second-order valence-corrected chi connectivity index (χ2v) is 14.1. The van der Waals surface area contributed by atoms with Crippen molar-refractivity contribution in [3.63, 3.8) is 0 Å². The molecule has 3 atom stereocenters. The molecule has 1 rings (SSSR count). The van der Waals surface area contributed by atoms with Gasteiger partial charge < -0.3 is 28.2 Å². The number of allylic oxidation sites excluding steroid dienone is 2. The number of methoxy groups -OCH3 is 3. The molecule has 9 heteroatoms. The monoisotopic (exact) mass is 483 g/mol. The summed E-state index contributed by atoms with van der Waals surface area (Å²) in [5.41, 5.74) is 0.637. The average Bonchev–Trinajstić information content (AvgIpc) is 3.23. The normalized spacial score (nSPS) is 15.8. The molecule has 1 unspecified atom stereocenters. The van der Waals surface area contributed by atoms with Crippen molar-refractivity contribution in [2.24, 2.45) is 0 Å². The summed E-state index contributed by atoms with van der Waals surface area (Å²) in [5.74, 6) is -0.0273. The first kappa shape index (κ1) is 29.2. The summed E-state index contributed by atoms with van der Waals surface area (Å²) in [5, 5.41) is 9.12. The van der Waals surface area contributed by atoms with Gasteiger partial charge in [0.2, 0.25) is 5.89 Å². The van der Waals surface area contributed by atoms with Crippen LogP contribution in [0.25, 0.3) is 0 Å². The number of ether oxygens (including phenoxy) is 3. The van der Waals surface area contributed by atoms with E-state index in [0.29, 0.717) is 18.5 Å². The number of hydrogen-bond acceptors (Lipinski definition) is 8. The van der Waals surface area contributed by atoms with Crippen LogP contribution in [0.1, 0.15) is 57.7 Å². The third kappa shape index (κ3) is 9.93. The lowest BCUT2D eigenvalue weighted by Crippen LogP contribution is -2.45. The predicted octanol–water partition coefficient (Wildman–Crippen LogP) is 4.72. The largest absolute Gasteiger partial charge is 0.469 e. The van der Waals surface area contributed by atoms with Crippen LogP contribution in [0.5, 0.6) is 0 Å². The summed E-state index contributed by atoms with van der Waals surface area (Å²) in [6, 6.07) is 0. The van der Waals surface area contributed by atoms with E-state index in [-0.39, 0.29) is 48.2 Å². The molecule has 1 aromatic heterocycles. The van der Waals surface area contributed by atoms with Crippen molar-refractivity contribution in [1.82, 2.24) is 4.98 Å². The Balaban J connectivity index is 2.76. The lowest BCUT2D eigenvalue weighted by atomic mass is 10.1. The zero-order valence-electron chi connectivity index (χ0n) is 21.3. The highest BCUT2D eigenvalue weighted by Crippen LogP contribution is 2.38. The molecule has 188 valence electrons. The summed E-state index contributed by atoms with van der Waals surface area (Å²) in [6.45, 7) is 10.6. The molecule has 1 heterocycles. The summed E-state index contributed by atoms with van der Waals surface area (Å²) >= 11 is 0. The van der Waals surface area contributed by atoms with Crippen molar-refractivity contribution in [2.75, 3.05) is 21.3 Å². The zero-order valence-corrected chi connectivity index (χ0v) is 22.3. The van der Waals surface area contributed by atoms with Gasteiger partial charge in [0.15, 0.2) is 8.32 Å². The minimum Gasteiger partial charge on any atom is -0.469 e. The van der Waals surface area contributed by atoms with Gasteiger partial charge in [-0.3, -0.25) is 4.79 Å². The Hall–Kier alpha value is -1.78. The number of aliphatic hydroxyl groups is 1. The molecule has 1 N–H and O–H groups in total.